The minimum atomic E-state index is -0.478. The Bertz CT molecular complexity index is 1340. The molecule has 4 amide bonds. The van der Waals surface area contributed by atoms with Crippen molar-refractivity contribution in [3.63, 3.8) is 0 Å². The molecule has 1 aromatic heterocycles. The molecular formula is C29H34N6O3. The lowest BCUT2D eigenvalue weighted by molar-refractivity contribution is 0.0664. The summed E-state index contributed by atoms with van der Waals surface area (Å²) in [6, 6.07) is 16.9. The van der Waals surface area contributed by atoms with E-state index in [1.807, 2.05) is 30.0 Å². The molecule has 1 fully saturated rings. The molecule has 9 nitrogen and oxygen atoms in total. The van der Waals surface area contributed by atoms with Crippen LogP contribution in [-0.2, 0) is 19.5 Å². The number of hydrogen-bond acceptors (Lipinski definition) is 4. The van der Waals surface area contributed by atoms with Gasteiger partial charge in [-0.1, -0.05) is 30.3 Å². The zero-order valence-corrected chi connectivity index (χ0v) is 21.9. The molecule has 2 aromatic carbocycles. The Labute approximate surface area is 222 Å². The van der Waals surface area contributed by atoms with Crippen molar-refractivity contribution in [2.75, 3.05) is 45.1 Å². The van der Waals surface area contributed by atoms with Crippen molar-refractivity contribution in [3.8, 4) is 0 Å². The van der Waals surface area contributed by atoms with Gasteiger partial charge in [0.05, 0.1) is 5.56 Å². The van der Waals surface area contributed by atoms with Crippen LogP contribution in [0.1, 0.15) is 43.2 Å². The van der Waals surface area contributed by atoms with Gasteiger partial charge in [0.15, 0.2) is 0 Å². The van der Waals surface area contributed by atoms with Crippen LogP contribution in [0.15, 0.2) is 54.6 Å². The number of primary amides is 1. The molecule has 198 valence electrons. The minimum absolute atomic E-state index is 0.00824. The van der Waals surface area contributed by atoms with Gasteiger partial charge in [-0.25, -0.2) is 4.79 Å². The molecule has 38 heavy (non-hydrogen) atoms. The molecule has 9 heteroatoms. The van der Waals surface area contributed by atoms with E-state index in [1.54, 1.807) is 29.2 Å². The molecule has 3 aromatic rings. The first-order valence-corrected chi connectivity index (χ1v) is 13.0. The van der Waals surface area contributed by atoms with Gasteiger partial charge in [-0.2, -0.15) is 0 Å². The van der Waals surface area contributed by atoms with Crippen LogP contribution in [0.25, 0.3) is 0 Å². The molecule has 0 bridgehead atoms. The highest BCUT2D eigenvalue weighted by Gasteiger charge is 2.30. The predicted molar refractivity (Wildman–Crippen MR) is 146 cm³/mol. The second-order valence-electron chi connectivity index (χ2n) is 10.1. The van der Waals surface area contributed by atoms with E-state index in [1.165, 1.54) is 0 Å². The zero-order valence-electron chi connectivity index (χ0n) is 21.9. The van der Waals surface area contributed by atoms with Gasteiger partial charge >= 0.3 is 6.03 Å². The third-order valence-electron chi connectivity index (χ3n) is 7.60. The van der Waals surface area contributed by atoms with Crippen LogP contribution in [0.5, 0.6) is 0 Å². The van der Waals surface area contributed by atoms with Crippen molar-refractivity contribution in [2.45, 2.75) is 26.4 Å². The van der Waals surface area contributed by atoms with E-state index in [2.05, 4.69) is 34.0 Å². The Hall–Kier alpha value is -4.11. The maximum Gasteiger partial charge on any atom is 0.322 e. The molecule has 0 saturated carbocycles. The Morgan fingerprint density at radius 1 is 0.895 bits per heavy atom. The van der Waals surface area contributed by atoms with Crippen molar-refractivity contribution in [1.82, 2.24) is 19.3 Å². The Kier molecular flexibility index (Phi) is 7.20. The number of aromatic nitrogens is 1. The lowest BCUT2D eigenvalue weighted by Gasteiger charge is -2.32. The summed E-state index contributed by atoms with van der Waals surface area (Å²) in [5.74, 6) is -0.470. The van der Waals surface area contributed by atoms with Crippen molar-refractivity contribution in [2.24, 2.45) is 5.73 Å². The normalized spacial score (nSPS) is 15.7. The van der Waals surface area contributed by atoms with Crippen molar-refractivity contribution >= 4 is 23.5 Å². The summed E-state index contributed by atoms with van der Waals surface area (Å²) < 4.78 is 2.15. The number of carbonyl (C=O) groups excluding carboxylic acids is 3. The number of fused-ring (bicyclic) bond motifs is 1. The second kappa shape index (κ2) is 10.7. The molecule has 1 saturated heterocycles. The number of nitrogens with one attached hydrogen (secondary N) is 1. The van der Waals surface area contributed by atoms with Gasteiger partial charge in [0.25, 0.3) is 11.8 Å². The number of carbonyl (C=O) groups is 3. The van der Waals surface area contributed by atoms with Crippen molar-refractivity contribution in [3.05, 3.63) is 88.2 Å². The molecule has 0 radical (unpaired) electrons. The van der Waals surface area contributed by atoms with Gasteiger partial charge in [-0.3, -0.25) is 9.59 Å². The van der Waals surface area contributed by atoms with Gasteiger partial charge in [0.2, 0.25) is 0 Å². The Morgan fingerprint density at radius 3 is 2.24 bits per heavy atom. The molecule has 0 unspecified atom stereocenters. The lowest BCUT2D eigenvalue weighted by Crippen LogP contribution is -2.47. The number of rotatable bonds is 5. The molecule has 2 aliphatic heterocycles. The molecule has 0 atom stereocenters. The summed E-state index contributed by atoms with van der Waals surface area (Å²) in [6.07, 6.45) is 0.627. The fourth-order valence-electron chi connectivity index (χ4n) is 5.40. The number of likely N-dealkylation sites (N-methyl/N-ethyl adjacent to an activating group) is 1. The van der Waals surface area contributed by atoms with E-state index in [-0.39, 0.29) is 11.9 Å². The molecule has 2 aliphatic rings. The van der Waals surface area contributed by atoms with E-state index in [0.717, 1.165) is 35.6 Å². The highest BCUT2D eigenvalue weighted by Crippen LogP contribution is 2.29. The first kappa shape index (κ1) is 25.5. The third kappa shape index (κ3) is 5.15. The molecule has 3 N–H and O–H groups in total. The van der Waals surface area contributed by atoms with Gasteiger partial charge in [0.1, 0.15) is 0 Å². The summed E-state index contributed by atoms with van der Waals surface area (Å²) in [4.78, 5) is 44.1. The van der Waals surface area contributed by atoms with Crippen LogP contribution in [0.4, 0.5) is 10.5 Å². The van der Waals surface area contributed by atoms with E-state index >= 15 is 0 Å². The van der Waals surface area contributed by atoms with E-state index in [4.69, 9.17) is 5.73 Å². The van der Waals surface area contributed by atoms with Crippen molar-refractivity contribution < 1.29 is 14.4 Å². The number of anilines is 1. The number of piperazine rings is 1. The van der Waals surface area contributed by atoms with E-state index in [0.29, 0.717) is 56.0 Å². The van der Waals surface area contributed by atoms with Gasteiger partial charge in [-0.05, 0) is 43.8 Å². The fourth-order valence-corrected chi connectivity index (χ4v) is 5.40. The van der Waals surface area contributed by atoms with Gasteiger partial charge in [-0.15, -0.1) is 0 Å². The van der Waals surface area contributed by atoms with Gasteiger partial charge < -0.3 is 30.3 Å². The highest BCUT2D eigenvalue weighted by atomic mass is 16.2. The largest absolute Gasteiger partial charge is 0.366 e. The summed E-state index contributed by atoms with van der Waals surface area (Å²) in [5.41, 5.74) is 11.3. The van der Waals surface area contributed by atoms with E-state index < -0.39 is 5.91 Å². The smallest absolute Gasteiger partial charge is 0.322 e. The van der Waals surface area contributed by atoms with Crippen LogP contribution in [0.2, 0.25) is 0 Å². The summed E-state index contributed by atoms with van der Waals surface area (Å²) in [7, 11) is 2.05. The summed E-state index contributed by atoms with van der Waals surface area (Å²) >= 11 is 0. The van der Waals surface area contributed by atoms with Crippen LogP contribution < -0.4 is 11.1 Å². The minimum Gasteiger partial charge on any atom is -0.366 e. The number of nitrogens with zero attached hydrogens (tertiary/aromatic N) is 4. The van der Waals surface area contributed by atoms with Crippen molar-refractivity contribution in [1.29, 1.82) is 0 Å². The molecule has 5 rings (SSSR count). The monoisotopic (exact) mass is 514 g/mol. The number of amides is 4. The molecule has 0 aliphatic carbocycles. The van der Waals surface area contributed by atoms with Crippen LogP contribution in [0.3, 0.4) is 0 Å². The third-order valence-corrected chi connectivity index (χ3v) is 7.60. The van der Waals surface area contributed by atoms with E-state index in [9.17, 15) is 14.4 Å². The van der Waals surface area contributed by atoms with Crippen LogP contribution >= 0.6 is 0 Å². The second-order valence-corrected chi connectivity index (χ2v) is 10.1. The average molecular weight is 515 g/mol. The number of urea groups is 1. The quantitative estimate of drug-likeness (QED) is 0.546. The van der Waals surface area contributed by atoms with Crippen LogP contribution in [-0.4, -0.2) is 76.9 Å². The summed E-state index contributed by atoms with van der Waals surface area (Å²) in [6.45, 7) is 6.55. The number of nitrogens with two attached hydrogens (primary N) is 1. The average Bonchev–Trinajstić information content (AvgIpc) is 3.20. The predicted octanol–water partition coefficient (Wildman–Crippen LogP) is 2.92. The zero-order chi connectivity index (χ0) is 26.8. The van der Waals surface area contributed by atoms with Crippen LogP contribution in [0, 0.1) is 6.92 Å². The Balaban J connectivity index is 1.28. The fraction of sp³-hybridized carbons (Fsp3) is 0.345. The molecule has 3 heterocycles. The lowest BCUT2D eigenvalue weighted by atomic mass is 10.0. The first-order chi connectivity index (χ1) is 18.3. The molecule has 0 spiro atoms. The van der Waals surface area contributed by atoms with Gasteiger partial charge in [0, 0.05) is 80.4 Å². The standard InChI is InChI=1S/C29H34N6O3/c1-20-26(27(30)36)24-19-34(13-12-25(24)35(20)18-21-6-4-3-5-7-21)29(38)31-23-10-8-22(9-11-23)28(37)33-16-14-32(2)15-17-33/h3-11H,12-19H2,1-2H3,(H2,30,36)(H,31,38). The SMILES string of the molecule is Cc1c(C(N)=O)c2c(n1Cc1ccccc1)CCN(C(=O)Nc1ccc(C(=O)N3CCN(C)CC3)cc1)C2. The molecular weight excluding hydrogens is 480 g/mol. The topological polar surface area (TPSA) is 104 Å². The number of benzene rings is 2. The number of hydrogen-bond donors (Lipinski definition) is 2. The maximum absolute atomic E-state index is 13.2. The first-order valence-electron chi connectivity index (χ1n) is 13.0. The maximum atomic E-state index is 13.2. The Morgan fingerprint density at radius 2 is 1.58 bits per heavy atom. The summed E-state index contributed by atoms with van der Waals surface area (Å²) in [5, 5.41) is 2.94. The highest BCUT2D eigenvalue weighted by molar-refractivity contribution is 5.97.